The van der Waals surface area contributed by atoms with Crippen molar-refractivity contribution in [3.8, 4) is 0 Å². The van der Waals surface area contributed by atoms with Gasteiger partial charge < -0.3 is 10.0 Å². The molecule has 0 aliphatic carbocycles. The second-order valence-electron chi connectivity index (χ2n) is 3.82. The normalized spacial score (nSPS) is 10.4. The topological polar surface area (TPSA) is 40.5 Å². The Hall–Kier alpha value is -1.30. The van der Waals surface area contributed by atoms with Crippen LogP contribution in [0.2, 0.25) is 0 Å². The van der Waals surface area contributed by atoms with Crippen molar-refractivity contribution in [2.75, 3.05) is 0 Å². The molecule has 2 nitrogen and oxygen atoms in total. The van der Waals surface area contributed by atoms with Gasteiger partial charge in [-0.2, -0.15) is 0 Å². The highest BCUT2D eigenvalue weighted by molar-refractivity contribution is 7.98. The van der Waals surface area contributed by atoms with Crippen molar-refractivity contribution in [3.63, 3.8) is 0 Å². The van der Waals surface area contributed by atoms with E-state index in [-0.39, 0.29) is 5.82 Å². The van der Waals surface area contributed by atoms with E-state index in [1.165, 1.54) is 17.8 Å². The van der Waals surface area contributed by atoms with Crippen LogP contribution in [0.3, 0.4) is 0 Å². The minimum Gasteiger partial charge on any atom is -0.423 e. The van der Waals surface area contributed by atoms with Crippen LogP contribution in [-0.4, -0.2) is 17.2 Å². The van der Waals surface area contributed by atoms with Gasteiger partial charge >= 0.3 is 7.12 Å². The maximum atomic E-state index is 13.4. The van der Waals surface area contributed by atoms with E-state index in [1.54, 1.807) is 36.4 Å². The van der Waals surface area contributed by atoms with Crippen molar-refractivity contribution >= 4 is 24.3 Å². The fraction of sp³-hybridized carbons (Fsp3) is 0.0769. The van der Waals surface area contributed by atoms with Gasteiger partial charge in [0.05, 0.1) is 0 Å². The van der Waals surface area contributed by atoms with Gasteiger partial charge in [-0.3, -0.25) is 0 Å². The molecule has 2 rings (SSSR count). The van der Waals surface area contributed by atoms with E-state index >= 15 is 0 Å². The monoisotopic (exact) mass is 262 g/mol. The van der Waals surface area contributed by atoms with E-state index < -0.39 is 7.12 Å². The van der Waals surface area contributed by atoms with Gasteiger partial charge in [0, 0.05) is 10.6 Å². The maximum Gasteiger partial charge on any atom is 0.488 e. The molecule has 18 heavy (non-hydrogen) atoms. The standard InChI is InChI=1S/C13H12BFO2S/c15-13-4-2-1-3-10(13)9-18-12-7-5-11(6-8-12)14(16)17/h1-8,16-17H,9H2. The van der Waals surface area contributed by atoms with Gasteiger partial charge in [0.1, 0.15) is 5.82 Å². The predicted octanol–water partition coefficient (Wildman–Crippen LogP) is 1.80. The lowest BCUT2D eigenvalue weighted by Gasteiger charge is -2.04. The summed E-state index contributed by atoms with van der Waals surface area (Å²) in [5, 5.41) is 17.9. The molecule has 5 heteroatoms. The van der Waals surface area contributed by atoms with E-state index in [4.69, 9.17) is 10.0 Å². The Bertz CT molecular complexity index is 517. The van der Waals surface area contributed by atoms with Gasteiger partial charge in [-0.05, 0) is 29.2 Å². The molecule has 0 radical (unpaired) electrons. The average molecular weight is 262 g/mol. The Morgan fingerprint density at radius 1 is 1.00 bits per heavy atom. The predicted molar refractivity (Wildman–Crippen MR) is 72.2 cm³/mol. The second-order valence-corrected chi connectivity index (χ2v) is 4.87. The zero-order valence-electron chi connectivity index (χ0n) is 9.58. The summed E-state index contributed by atoms with van der Waals surface area (Å²) >= 11 is 1.50. The van der Waals surface area contributed by atoms with Crippen LogP contribution >= 0.6 is 11.8 Å². The van der Waals surface area contributed by atoms with Crippen LogP contribution in [0.1, 0.15) is 5.56 Å². The Balaban J connectivity index is 2.00. The lowest BCUT2D eigenvalue weighted by atomic mass is 9.81. The van der Waals surface area contributed by atoms with Crippen molar-refractivity contribution < 1.29 is 14.4 Å². The first kappa shape index (κ1) is 13.1. The summed E-state index contributed by atoms with van der Waals surface area (Å²) in [6.45, 7) is 0. The number of rotatable bonds is 4. The van der Waals surface area contributed by atoms with Gasteiger partial charge in [-0.15, -0.1) is 11.8 Å². The molecule has 0 saturated heterocycles. The summed E-state index contributed by atoms with van der Waals surface area (Å²) < 4.78 is 13.4. The molecule has 0 saturated carbocycles. The van der Waals surface area contributed by atoms with E-state index in [0.717, 1.165) is 4.90 Å². The number of hydrogen-bond acceptors (Lipinski definition) is 3. The molecule has 0 atom stereocenters. The molecule has 92 valence electrons. The van der Waals surface area contributed by atoms with Crippen LogP contribution in [0.4, 0.5) is 4.39 Å². The highest BCUT2D eigenvalue weighted by atomic mass is 32.2. The fourth-order valence-corrected chi connectivity index (χ4v) is 2.40. The number of hydrogen-bond donors (Lipinski definition) is 2. The van der Waals surface area contributed by atoms with E-state index in [2.05, 4.69) is 0 Å². The first-order valence-electron chi connectivity index (χ1n) is 5.49. The van der Waals surface area contributed by atoms with Crippen LogP contribution in [0.5, 0.6) is 0 Å². The average Bonchev–Trinajstić information content (AvgIpc) is 2.38. The third-order valence-electron chi connectivity index (χ3n) is 2.53. The molecule has 0 heterocycles. The molecule has 0 bridgehead atoms. The number of benzene rings is 2. The van der Waals surface area contributed by atoms with Crippen LogP contribution in [0.25, 0.3) is 0 Å². The Morgan fingerprint density at radius 2 is 1.67 bits per heavy atom. The summed E-state index contributed by atoms with van der Waals surface area (Å²) in [4.78, 5) is 0.961. The van der Waals surface area contributed by atoms with Gasteiger partial charge in [0.25, 0.3) is 0 Å². The van der Waals surface area contributed by atoms with Crippen molar-refractivity contribution in [2.45, 2.75) is 10.6 Å². The molecule has 2 aromatic rings. The number of thioether (sulfide) groups is 1. The van der Waals surface area contributed by atoms with Crippen molar-refractivity contribution in [1.29, 1.82) is 0 Å². The molecular weight excluding hydrogens is 250 g/mol. The Kier molecular flexibility index (Phi) is 4.41. The van der Waals surface area contributed by atoms with Gasteiger partial charge in [0.2, 0.25) is 0 Å². The zero-order chi connectivity index (χ0) is 13.0. The molecule has 2 N–H and O–H groups in total. The minimum absolute atomic E-state index is 0.201. The molecular formula is C13H12BFO2S. The van der Waals surface area contributed by atoms with Crippen molar-refractivity contribution in [1.82, 2.24) is 0 Å². The van der Waals surface area contributed by atoms with Crippen LogP contribution < -0.4 is 5.46 Å². The molecule has 2 aromatic carbocycles. The van der Waals surface area contributed by atoms with E-state index in [0.29, 0.717) is 16.8 Å². The molecule has 0 fully saturated rings. The summed E-state index contributed by atoms with van der Waals surface area (Å²) in [6.07, 6.45) is 0. The SMILES string of the molecule is OB(O)c1ccc(SCc2ccccc2F)cc1. The Labute approximate surface area is 110 Å². The maximum absolute atomic E-state index is 13.4. The molecule has 0 unspecified atom stereocenters. The molecule has 0 spiro atoms. The zero-order valence-corrected chi connectivity index (χ0v) is 10.4. The summed E-state index contributed by atoms with van der Waals surface area (Å²) in [6, 6.07) is 13.6. The van der Waals surface area contributed by atoms with Gasteiger partial charge in [0.15, 0.2) is 0 Å². The highest BCUT2D eigenvalue weighted by Gasteiger charge is 2.09. The largest absolute Gasteiger partial charge is 0.488 e. The van der Waals surface area contributed by atoms with Crippen LogP contribution in [0.15, 0.2) is 53.4 Å². The lowest BCUT2D eigenvalue weighted by molar-refractivity contribution is 0.426. The van der Waals surface area contributed by atoms with E-state index in [9.17, 15) is 4.39 Å². The third-order valence-corrected chi connectivity index (χ3v) is 3.59. The second kappa shape index (κ2) is 6.04. The molecule has 0 aromatic heterocycles. The smallest absolute Gasteiger partial charge is 0.423 e. The highest BCUT2D eigenvalue weighted by Crippen LogP contribution is 2.23. The van der Waals surface area contributed by atoms with Crippen LogP contribution in [0, 0.1) is 5.82 Å². The molecule has 0 amide bonds. The minimum atomic E-state index is -1.45. The number of halogens is 1. The lowest BCUT2D eigenvalue weighted by Crippen LogP contribution is -2.29. The van der Waals surface area contributed by atoms with Gasteiger partial charge in [-0.1, -0.05) is 30.3 Å². The molecule has 0 aliphatic heterocycles. The van der Waals surface area contributed by atoms with Gasteiger partial charge in [-0.25, -0.2) is 4.39 Å². The third kappa shape index (κ3) is 3.35. The fourth-order valence-electron chi connectivity index (χ4n) is 1.51. The Morgan fingerprint density at radius 3 is 2.28 bits per heavy atom. The quantitative estimate of drug-likeness (QED) is 0.652. The summed E-state index contributed by atoms with van der Waals surface area (Å²) in [5.41, 5.74) is 1.11. The van der Waals surface area contributed by atoms with Crippen molar-refractivity contribution in [2.24, 2.45) is 0 Å². The van der Waals surface area contributed by atoms with Crippen molar-refractivity contribution in [3.05, 3.63) is 59.9 Å². The summed E-state index contributed by atoms with van der Waals surface area (Å²) in [7, 11) is -1.45. The first-order chi connectivity index (χ1) is 8.66. The summed E-state index contributed by atoms with van der Waals surface area (Å²) in [5.74, 6) is 0.348. The molecule has 0 aliphatic rings. The van der Waals surface area contributed by atoms with Crippen LogP contribution in [-0.2, 0) is 5.75 Å². The van der Waals surface area contributed by atoms with E-state index in [1.807, 2.05) is 6.07 Å². The first-order valence-corrected chi connectivity index (χ1v) is 6.47.